The van der Waals surface area contributed by atoms with Crippen molar-refractivity contribution < 1.29 is 14.7 Å². The van der Waals surface area contributed by atoms with Crippen LogP contribution in [0.4, 0.5) is 0 Å². The van der Waals surface area contributed by atoms with E-state index >= 15 is 0 Å². The Hall–Kier alpha value is -1.10. The first-order valence-electron chi connectivity index (χ1n) is 6.18. The summed E-state index contributed by atoms with van der Waals surface area (Å²) >= 11 is 0. The van der Waals surface area contributed by atoms with Gasteiger partial charge in [-0.2, -0.15) is 0 Å². The van der Waals surface area contributed by atoms with E-state index in [0.717, 1.165) is 19.4 Å². The lowest BCUT2D eigenvalue weighted by Gasteiger charge is -2.29. The van der Waals surface area contributed by atoms with Crippen LogP contribution in [-0.2, 0) is 9.59 Å². The van der Waals surface area contributed by atoms with Gasteiger partial charge in [0.05, 0.1) is 6.04 Å². The third-order valence-corrected chi connectivity index (χ3v) is 3.21. The van der Waals surface area contributed by atoms with E-state index in [1.165, 1.54) is 0 Å². The number of nitrogens with one attached hydrogen (secondary N) is 2. The van der Waals surface area contributed by atoms with Gasteiger partial charge in [-0.05, 0) is 31.2 Å². The van der Waals surface area contributed by atoms with Gasteiger partial charge in [0.2, 0.25) is 5.91 Å². The van der Waals surface area contributed by atoms with Gasteiger partial charge in [0, 0.05) is 0 Å². The molecule has 1 aliphatic heterocycles. The summed E-state index contributed by atoms with van der Waals surface area (Å²) in [6.07, 6.45) is 1.84. The zero-order chi connectivity index (χ0) is 13.0. The monoisotopic (exact) mass is 242 g/mol. The molecule has 3 N–H and O–H groups in total. The lowest BCUT2D eigenvalue weighted by molar-refractivity contribution is -0.143. The Labute approximate surface area is 102 Å². The van der Waals surface area contributed by atoms with Gasteiger partial charge >= 0.3 is 5.97 Å². The van der Waals surface area contributed by atoms with Crippen molar-refractivity contribution in [2.45, 2.75) is 45.7 Å². The Morgan fingerprint density at radius 1 is 1.41 bits per heavy atom. The zero-order valence-corrected chi connectivity index (χ0v) is 10.7. The molecule has 17 heavy (non-hydrogen) atoms. The Morgan fingerprint density at radius 3 is 2.53 bits per heavy atom. The van der Waals surface area contributed by atoms with Gasteiger partial charge in [-0.3, -0.25) is 4.79 Å². The molecule has 0 aromatic carbocycles. The number of carboxylic acids is 1. The number of aliphatic carboxylic acids is 1. The molecule has 1 heterocycles. The lowest BCUT2D eigenvalue weighted by atomic mass is 9.93. The number of carbonyl (C=O) groups is 2. The van der Waals surface area contributed by atoms with Crippen LogP contribution in [-0.4, -0.2) is 35.6 Å². The summed E-state index contributed by atoms with van der Waals surface area (Å²) in [5, 5.41) is 14.7. The third kappa shape index (κ3) is 4.00. The molecule has 2 unspecified atom stereocenters. The second-order valence-corrected chi connectivity index (χ2v) is 5.20. The van der Waals surface area contributed by atoms with Crippen molar-refractivity contribution in [3.63, 3.8) is 0 Å². The van der Waals surface area contributed by atoms with Gasteiger partial charge in [-0.15, -0.1) is 0 Å². The molecule has 1 aliphatic rings. The quantitative estimate of drug-likeness (QED) is 0.674. The smallest absolute Gasteiger partial charge is 0.326 e. The van der Waals surface area contributed by atoms with Gasteiger partial charge in [0.25, 0.3) is 0 Å². The van der Waals surface area contributed by atoms with Crippen LogP contribution in [0.3, 0.4) is 0 Å². The first-order valence-corrected chi connectivity index (χ1v) is 6.18. The molecule has 0 saturated carbocycles. The number of hydrogen-bond donors (Lipinski definition) is 3. The summed E-state index contributed by atoms with van der Waals surface area (Å²) in [5.41, 5.74) is 0. The van der Waals surface area contributed by atoms with Gasteiger partial charge in [0.1, 0.15) is 6.04 Å². The Bertz CT molecular complexity index is 291. The van der Waals surface area contributed by atoms with Crippen molar-refractivity contribution in [2.24, 2.45) is 11.8 Å². The summed E-state index contributed by atoms with van der Waals surface area (Å²) in [4.78, 5) is 22.9. The molecule has 0 aliphatic carbocycles. The average molecular weight is 242 g/mol. The summed E-state index contributed by atoms with van der Waals surface area (Å²) in [6.45, 7) is 6.50. The van der Waals surface area contributed by atoms with Gasteiger partial charge in [0.15, 0.2) is 0 Å². The molecule has 98 valence electrons. The number of amides is 1. The van der Waals surface area contributed by atoms with E-state index in [9.17, 15) is 9.59 Å². The minimum atomic E-state index is -0.975. The average Bonchev–Trinajstić information content (AvgIpc) is 2.24. The molecule has 5 nitrogen and oxygen atoms in total. The molecule has 0 radical (unpaired) electrons. The van der Waals surface area contributed by atoms with Crippen LogP contribution in [0.2, 0.25) is 0 Å². The predicted molar refractivity (Wildman–Crippen MR) is 64.6 cm³/mol. The van der Waals surface area contributed by atoms with Crippen LogP contribution in [0.25, 0.3) is 0 Å². The largest absolute Gasteiger partial charge is 0.480 e. The molecule has 3 atom stereocenters. The van der Waals surface area contributed by atoms with Crippen molar-refractivity contribution in [2.75, 3.05) is 6.54 Å². The molecule has 1 saturated heterocycles. The highest BCUT2D eigenvalue weighted by Gasteiger charge is 2.29. The molecular weight excluding hydrogens is 220 g/mol. The fraction of sp³-hybridized carbons (Fsp3) is 0.833. The summed E-state index contributed by atoms with van der Waals surface area (Å²) in [5.74, 6) is -0.776. The minimum absolute atomic E-state index is 0.113. The van der Waals surface area contributed by atoms with Gasteiger partial charge in [-0.1, -0.05) is 20.8 Å². The summed E-state index contributed by atoms with van der Waals surface area (Å²) in [7, 11) is 0. The molecule has 0 spiro atoms. The molecule has 0 bridgehead atoms. The number of piperidine rings is 1. The fourth-order valence-electron chi connectivity index (χ4n) is 2.07. The van der Waals surface area contributed by atoms with E-state index in [-0.39, 0.29) is 17.9 Å². The highest BCUT2D eigenvalue weighted by atomic mass is 16.4. The van der Waals surface area contributed by atoms with Crippen molar-refractivity contribution in [3.8, 4) is 0 Å². The second-order valence-electron chi connectivity index (χ2n) is 5.20. The minimum Gasteiger partial charge on any atom is -0.480 e. The van der Waals surface area contributed by atoms with E-state index in [1.54, 1.807) is 13.8 Å². The molecule has 0 aromatic heterocycles. The molecule has 5 heteroatoms. The number of carbonyl (C=O) groups excluding carboxylic acids is 1. The second kappa shape index (κ2) is 6.00. The Kier molecular flexibility index (Phi) is 4.93. The van der Waals surface area contributed by atoms with Crippen molar-refractivity contribution >= 4 is 11.9 Å². The number of carboxylic acid groups (broad SMARTS) is 1. The van der Waals surface area contributed by atoms with Crippen LogP contribution in [0.5, 0.6) is 0 Å². The normalized spacial score (nSPS) is 26.6. The summed E-state index contributed by atoms with van der Waals surface area (Å²) in [6, 6.07) is -1.05. The third-order valence-electron chi connectivity index (χ3n) is 3.21. The van der Waals surface area contributed by atoms with Gasteiger partial charge < -0.3 is 15.7 Å². The highest BCUT2D eigenvalue weighted by molar-refractivity contribution is 5.87. The van der Waals surface area contributed by atoms with Crippen molar-refractivity contribution in [1.82, 2.24) is 10.6 Å². The topological polar surface area (TPSA) is 78.4 Å². The maximum atomic E-state index is 11.9. The van der Waals surface area contributed by atoms with E-state index < -0.39 is 12.0 Å². The maximum Gasteiger partial charge on any atom is 0.326 e. The van der Waals surface area contributed by atoms with Crippen LogP contribution in [0.15, 0.2) is 0 Å². The SMILES string of the molecule is CC1CCNC(C(=O)N[C@@H](C(=O)O)C(C)C)C1. The van der Waals surface area contributed by atoms with E-state index in [2.05, 4.69) is 17.6 Å². The summed E-state index contributed by atoms with van der Waals surface area (Å²) < 4.78 is 0. The van der Waals surface area contributed by atoms with Crippen LogP contribution >= 0.6 is 0 Å². The van der Waals surface area contributed by atoms with Gasteiger partial charge in [-0.25, -0.2) is 4.79 Å². The Morgan fingerprint density at radius 2 is 2.06 bits per heavy atom. The van der Waals surface area contributed by atoms with Crippen molar-refractivity contribution in [1.29, 1.82) is 0 Å². The standard InChI is InChI=1S/C12H22N2O3/c1-7(2)10(12(16)17)14-11(15)9-6-8(3)4-5-13-9/h7-10,13H,4-6H2,1-3H3,(H,14,15)(H,16,17)/t8?,9?,10-/m1/s1. The van der Waals surface area contributed by atoms with Crippen molar-refractivity contribution in [3.05, 3.63) is 0 Å². The van der Waals surface area contributed by atoms with Crippen LogP contribution in [0, 0.1) is 11.8 Å². The van der Waals surface area contributed by atoms with E-state index in [1.807, 2.05) is 0 Å². The van der Waals surface area contributed by atoms with Crippen LogP contribution < -0.4 is 10.6 Å². The van der Waals surface area contributed by atoms with Crippen LogP contribution in [0.1, 0.15) is 33.6 Å². The molecule has 1 fully saturated rings. The highest BCUT2D eigenvalue weighted by Crippen LogP contribution is 2.15. The first-order chi connectivity index (χ1) is 7.91. The first kappa shape index (κ1) is 14.0. The Balaban J connectivity index is 2.54. The molecule has 1 amide bonds. The van der Waals surface area contributed by atoms with E-state index in [4.69, 9.17) is 5.11 Å². The fourth-order valence-corrected chi connectivity index (χ4v) is 2.07. The predicted octanol–water partition coefficient (Wildman–Crippen LogP) is 0.600. The number of rotatable bonds is 4. The maximum absolute atomic E-state index is 11.9. The molecular formula is C12H22N2O3. The lowest BCUT2D eigenvalue weighted by Crippen LogP contribution is -2.54. The van der Waals surface area contributed by atoms with E-state index in [0.29, 0.717) is 5.92 Å². The number of hydrogen-bond acceptors (Lipinski definition) is 3. The zero-order valence-electron chi connectivity index (χ0n) is 10.7. The molecule has 0 aromatic rings. The molecule has 1 rings (SSSR count).